The highest BCUT2D eigenvalue weighted by molar-refractivity contribution is 7.92. The van der Waals surface area contributed by atoms with E-state index in [9.17, 15) is 57.5 Å². The van der Waals surface area contributed by atoms with Gasteiger partial charge in [-0.1, -0.05) is 30.3 Å². The monoisotopic (exact) mass is 766 g/mol. The molecule has 2 aliphatic heterocycles. The Hall–Kier alpha value is -4.32. The highest BCUT2D eigenvalue weighted by Gasteiger charge is 2.73. The van der Waals surface area contributed by atoms with E-state index in [0.29, 0.717) is 37.1 Å². The number of carboxylic acid groups (broad SMARTS) is 1. The fraction of sp³-hybridized carbons (Fsp3) is 0.412. The van der Waals surface area contributed by atoms with Crippen LogP contribution in [0.3, 0.4) is 0 Å². The standard InChI is InChI=1S/C34H31F9N2O6S/c35-24-8-10-25(11-9-24)52(49,50)31(14-17-45(20-31)30(48)44-15-12-21(13-16-44)18-29(46)47)22-4-6-23(7-5-22)32(33(38,39)40,34(41,42)43)51-19-26-27(36)2-1-3-28(26)37/h1-11,21H,12-20H2,(H,46,47)/t31-/m0/s1. The van der Waals surface area contributed by atoms with E-state index in [1.165, 1.54) is 9.80 Å². The minimum atomic E-state index is -6.25. The first-order chi connectivity index (χ1) is 24.2. The maximum absolute atomic E-state index is 14.5. The van der Waals surface area contributed by atoms with Crippen molar-refractivity contribution in [2.75, 3.05) is 26.2 Å². The lowest BCUT2D eigenvalue weighted by Crippen LogP contribution is -2.56. The Labute approximate surface area is 291 Å². The van der Waals surface area contributed by atoms with Gasteiger partial charge in [0.05, 0.1) is 11.5 Å². The van der Waals surface area contributed by atoms with E-state index in [2.05, 4.69) is 4.74 Å². The second-order valence-electron chi connectivity index (χ2n) is 12.7. The number of amides is 2. The van der Waals surface area contributed by atoms with Gasteiger partial charge in [0.15, 0.2) is 9.84 Å². The molecule has 2 fully saturated rings. The molecule has 52 heavy (non-hydrogen) atoms. The molecule has 0 unspecified atom stereocenters. The van der Waals surface area contributed by atoms with Gasteiger partial charge in [-0.25, -0.2) is 26.4 Å². The van der Waals surface area contributed by atoms with Gasteiger partial charge >= 0.3 is 24.4 Å². The fourth-order valence-corrected chi connectivity index (χ4v) is 8.84. The molecule has 0 bridgehead atoms. The van der Waals surface area contributed by atoms with Gasteiger partial charge < -0.3 is 19.6 Å². The first-order valence-electron chi connectivity index (χ1n) is 15.8. The van der Waals surface area contributed by atoms with Crippen molar-refractivity contribution in [2.45, 2.75) is 59.9 Å². The number of halogens is 9. The van der Waals surface area contributed by atoms with Gasteiger partial charge in [-0.15, -0.1) is 0 Å². The molecule has 0 spiro atoms. The molecule has 5 rings (SSSR count). The maximum atomic E-state index is 14.5. The molecular formula is C34H31F9N2O6S. The van der Waals surface area contributed by atoms with Gasteiger partial charge in [0, 0.05) is 43.7 Å². The highest BCUT2D eigenvalue weighted by Crippen LogP contribution is 2.54. The summed E-state index contributed by atoms with van der Waals surface area (Å²) in [5, 5.41) is 9.09. The lowest BCUT2D eigenvalue weighted by atomic mass is 9.88. The third-order valence-corrected chi connectivity index (χ3v) is 12.1. The number of hydrogen-bond acceptors (Lipinski definition) is 5. The Kier molecular flexibility index (Phi) is 10.7. The topological polar surface area (TPSA) is 104 Å². The molecule has 18 heteroatoms. The Morgan fingerprint density at radius 2 is 1.37 bits per heavy atom. The summed E-state index contributed by atoms with van der Waals surface area (Å²) in [6.07, 6.45) is -12.2. The smallest absolute Gasteiger partial charge is 0.430 e. The number of alkyl halides is 6. The zero-order valence-corrected chi connectivity index (χ0v) is 27.8. The van der Waals surface area contributed by atoms with Crippen LogP contribution >= 0.6 is 0 Å². The Bertz CT molecular complexity index is 1860. The number of rotatable bonds is 9. The lowest BCUT2D eigenvalue weighted by Gasteiger charge is -2.38. The minimum absolute atomic E-state index is 0.101. The van der Waals surface area contributed by atoms with Crippen LogP contribution in [-0.4, -0.2) is 73.9 Å². The first kappa shape index (κ1) is 38.9. The SMILES string of the molecule is O=C(O)CC1CCN(C(=O)N2CC[C@](c3ccc(C(OCc4c(F)cccc4F)(C(F)(F)F)C(F)(F)F)cc3)(S(=O)(=O)c3ccc(F)cc3)C2)CC1. The quantitative estimate of drug-likeness (QED) is 0.181. The summed E-state index contributed by atoms with van der Waals surface area (Å²) in [5.41, 5.74) is -8.18. The summed E-state index contributed by atoms with van der Waals surface area (Å²) in [6, 6.07) is 7.21. The molecular weight excluding hydrogens is 735 g/mol. The van der Waals surface area contributed by atoms with Gasteiger partial charge in [0.1, 0.15) is 22.2 Å². The van der Waals surface area contributed by atoms with Crippen LogP contribution in [0.25, 0.3) is 0 Å². The summed E-state index contributed by atoms with van der Waals surface area (Å²) >= 11 is 0. The van der Waals surface area contributed by atoms with Crippen LogP contribution in [0.5, 0.6) is 0 Å². The lowest BCUT2D eigenvalue weighted by molar-refractivity contribution is -0.392. The predicted molar refractivity (Wildman–Crippen MR) is 165 cm³/mol. The molecule has 8 nitrogen and oxygen atoms in total. The normalized spacial score (nSPS) is 19.2. The number of piperidine rings is 1. The number of hydrogen-bond donors (Lipinski definition) is 1. The summed E-state index contributed by atoms with van der Waals surface area (Å²) in [5.74, 6) is -4.89. The third kappa shape index (κ3) is 7.06. The van der Waals surface area contributed by atoms with E-state index in [1.807, 2.05) is 0 Å². The van der Waals surface area contributed by atoms with Crippen LogP contribution < -0.4 is 0 Å². The molecule has 282 valence electrons. The molecule has 0 radical (unpaired) electrons. The zero-order valence-electron chi connectivity index (χ0n) is 27.0. The summed E-state index contributed by atoms with van der Waals surface area (Å²) < 4.78 is 160. The highest BCUT2D eigenvalue weighted by atomic mass is 32.2. The van der Waals surface area contributed by atoms with Crippen LogP contribution in [0, 0.1) is 23.4 Å². The van der Waals surface area contributed by atoms with Gasteiger partial charge in [-0.3, -0.25) is 4.79 Å². The first-order valence-corrected chi connectivity index (χ1v) is 17.3. The molecule has 2 saturated heterocycles. The largest absolute Gasteiger partial charge is 0.481 e. The number of carboxylic acids is 1. The summed E-state index contributed by atoms with van der Waals surface area (Å²) in [6.45, 7) is -2.26. The molecule has 3 aromatic carbocycles. The number of ether oxygens (including phenoxy) is 1. The number of aliphatic carboxylic acids is 1. The second kappa shape index (κ2) is 14.2. The number of nitrogens with zero attached hydrogens (tertiary/aromatic N) is 2. The van der Waals surface area contributed by atoms with Crippen LogP contribution in [0.1, 0.15) is 42.4 Å². The van der Waals surface area contributed by atoms with Crippen molar-refractivity contribution in [1.82, 2.24) is 9.80 Å². The van der Waals surface area contributed by atoms with Crippen molar-refractivity contribution < 1.29 is 67.4 Å². The number of carbonyl (C=O) groups excluding carboxylic acids is 1. The summed E-state index contributed by atoms with van der Waals surface area (Å²) in [4.78, 5) is 26.8. The molecule has 1 N–H and O–H groups in total. The molecule has 2 heterocycles. The van der Waals surface area contributed by atoms with Crippen molar-refractivity contribution in [2.24, 2.45) is 5.92 Å². The molecule has 0 aliphatic carbocycles. The van der Waals surface area contributed by atoms with Crippen molar-refractivity contribution in [3.63, 3.8) is 0 Å². The maximum Gasteiger partial charge on any atom is 0.430 e. The molecule has 0 aromatic heterocycles. The van der Waals surface area contributed by atoms with E-state index in [4.69, 9.17) is 5.11 Å². The molecule has 2 aliphatic rings. The Morgan fingerprint density at radius 1 is 0.808 bits per heavy atom. The van der Waals surface area contributed by atoms with Crippen molar-refractivity contribution in [1.29, 1.82) is 0 Å². The van der Waals surface area contributed by atoms with Crippen LogP contribution in [0.2, 0.25) is 0 Å². The van der Waals surface area contributed by atoms with Crippen molar-refractivity contribution >= 4 is 21.8 Å². The van der Waals surface area contributed by atoms with Gasteiger partial charge in [0.25, 0.3) is 5.60 Å². The van der Waals surface area contributed by atoms with Crippen LogP contribution in [0.15, 0.2) is 71.6 Å². The average Bonchev–Trinajstić information content (AvgIpc) is 3.53. The van der Waals surface area contributed by atoms with Gasteiger partial charge in [-0.2, -0.15) is 26.3 Å². The minimum Gasteiger partial charge on any atom is -0.481 e. The summed E-state index contributed by atoms with van der Waals surface area (Å²) in [7, 11) is -4.65. The van der Waals surface area contributed by atoms with E-state index in [0.717, 1.165) is 42.5 Å². The Morgan fingerprint density at radius 3 is 1.88 bits per heavy atom. The average molecular weight is 767 g/mol. The van der Waals surface area contributed by atoms with Gasteiger partial charge in [-0.05, 0) is 67.1 Å². The number of sulfone groups is 1. The van der Waals surface area contributed by atoms with E-state index < -0.39 is 91.2 Å². The number of carbonyl (C=O) groups is 2. The number of urea groups is 1. The van der Waals surface area contributed by atoms with E-state index in [-0.39, 0.29) is 44.0 Å². The predicted octanol–water partition coefficient (Wildman–Crippen LogP) is 7.32. The van der Waals surface area contributed by atoms with Gasteiger partial charge in [0.2, 0.25) is 0 Å². The molecule has 0 saturated carbocycles. The van der Waals surface area contributed by atoms with Crippen molar-refractivity contribution in [3.05, 3.63) is 101 Å². The van der Waals surface area contributed by atoms with Crippen molar-refractivity contribution in [3.8, 4) is 0 Å². The molecule has 3 aromatic rings. The number of likely N-dealkylation sites (tertiary alicyclic amines) is 2. The van der Waals surface area contributed by atoms with Crippen LogP contribution in [0.4, 0.5) is 44.3 Å². The third-order valence-electron chi connectivity index (χ3n) is 9.60. The zero-order chi connectivity index (χ0) is 38.3. The molecule has 1 atom stereocenters. The van der Waals surface area contributed by atoms with Crippen LogP contribution in [-0.2, 0) is 36.3 Å². The van der Waals surface area contributed by atoms with E-state index in [1.54, 1.807) is 0 Å². The second-order valence-corrected chi connectivity index (χ2v) is 14.9. The Balaban J connectivity index is 1.54. The van der Waals surface area contributed by atoms with E-state index >= 15 is 0 Å². The number of benzene rings is 3. The molecule has 2 amide bonds. The fourth-order valence-electron chi connectivity index (χ4n) is 6.76.